The first kappa shape index (κ1) is 18.0. The van der Waals surface area contributed by atoms with Gasteiger partial charge in [-0.05, 0) is 37.6 Å². The van der Waals surface area contributed by atoms with Crippen LogP contribution in [-0.4, -0.2) is 13.1 Å². The van der Waals surface area contributed by atoms with E-state index in [0.717, 1.165) is 18.7 Å². The Labute approximate surface area is 138 Å². The highest BCUT2D eigenvalue weighted by Gasteiger charge is 1.99. The smallest absolute Gasteiger partial charge is 0.129 e. The Bertz CT molecular complexity index is 657. The van der Waals surface area contributed by atoms with Gasteiger partial charge in [0, 0.05) is 18.8 Å². The van der Waals surface area contributed by atoms with Crippen molar-refractivity contribution < 1.29 is 0 Å². The topological polar surface area (TPSA) is 50.8 Å². The molecule has 3 nitrogen and oxygen atoms in total. The van der Waals surface area contributed by atoms with Crippen molar-refractivity contribution in [3.8, 4) is 12.1 Å². The van der Waals surface area contributed by atoms with Crippen LogP contribution in [0.5, 0.6) is 0 Å². The maximum Gasteiger partial charge on any atom is 0.129 e. The fourth-order valence-electron chi connectivity index (χ4n) is 2.00. The lowest BCUT2D eigenvalue weighted by Crippen LogP contribution is -2.21. The average Bonchev–Trinajstić information content (AvgIpc) is 2.60. The molecule has 0 amide bonds. The van der Waals surface area contributed by atoms with Crippen LogP contribution in [0, 0.1) is 22.7 Å². The predicted molar refractivity (Wildman–Crippen MR) is 96.6 cm³/mol. The van der Waals surface area contributed by atoms with E-state index in [4.69, 9.17) is 10.5 Å². The molecule has 116 valence electrons. The molecule has 0 unspecified atom stereocenters. The second-order valence-electron chi connectivity index (χ2n) is 4.70. The lowest BCUT2D eigenvalue weighted by molar-refractivity contribution is 0.866. The molecule has 0 spiro atoms. The van der Waals surface area contributed by atoms with Crippen LogP contribution in [0.2, 0.25) is 0 Å². The summed E-state index contributed by atoms with van der Waals surface area (Å²) in [5.41, 5.74) is 2.48. The fourth-order valence-corrected chi connectivity index (χ4v) is 2.00. The highest BCUT2D eigenvalue weighted by atomic mass is 15.1. The van der Waals surface area contributed by atoms with Gasteiger partial charge in [0.25, 0.3) is 0 Å². The van der Waals surface area contributed by atoms with Crippen LogP contribution in [0.3, 0.4) is 0 Å². The summed E-state index contributed by atoms with van der Waals surface area (Å²) < 4.78 is 0. The van der Waals surface area contributed by atoms with Crippen molar-refractivity contribution in [3.05, 3.63) is 71.9 Å². The Morgan fingerprint density at radius 2 is 1.48 bits per heavy atom. The van der Waals surface area contributed by atoms with Gasteiger partial charge in [0.05, 0.1) is 0 Å². The molecule has 0 atom stereocenters. The zero-order valence-corrected chi connectivity index (χ0v) is 13.6. The summed E-state index contributed by atoms with van der Waals surface area (Å²) >= 11 is 0. The first-order valence-electron chi connectivity index (χ1n) is 7.62. The van der Waals surface area contributed by atoms with Gasteiger partial charge in [0.1, 0.15) is 17.7 Å². The molecule has 0 aliphatic carbocycles. The molecule has 0 radical (unpaired) electrons. The molecule has 0 bridgehead atoms. The van der Waals surface area contributed by atoms with Crippen molar-refractivity contribution in [2.45, 2.75) is 13.8 Å². The second-order valence-corrected chi connectivity index (χ2v) is 4.70. The van der Waals surface area contributed by atoms with Crippen molar-refractivity contribution in [2.75, 3.05) is 18.0 Å². The molecular formula is C20H21N3. The van der Waals surface area contributed by atoms with Gasteiger partial charge < -0.3 is 4.90 Å². The molecular weight excluding hydrogens is 282 g/mol. The molecule has 0 N–H and O–H groups in total. The molecule has 1 aromatic carbocycles. The number of hydrogen-bond donors (Lipinski definition) is 0. The maximum atomic E-state index is 8.57. The third kappa shape index (κ3) is 6.50. The van der Waals surface area contributed by atoms with Crippen LogP contribution in [0.1, 0.15) is 19.4 Å². The zero-order chi connectivity index (χ0) is 16.9. The zero-order valence-electron chi connectivity index (χ0n) is 13.6. The first-order chi connectivity index (χ1) is 11.2. The maximum absolute atomic E-state index is 8.57. The lowest BCUT2D eigenvalue weighted by Gasteiger charge is -2.20. The number of nitrogens with zero attached hydrogens (tertiary/aromatic N) is 3. The van der Waals surface area contributed by atoms with Crippen LogP contribution in [-0.2, 0) is 0 Å². The molecule has 23 heavy (non-hydrogen) atoms. The lowest BCUT2D eigenvalue weighted by atomic mass is 10.2. The average molecular weight is 303 g/mol. The van der Waals surface area contributed by atoms with Crippen molar-refractivity contribution in [1.29, 1.82) is 10.5 Å². The molecule has 0 fully saturated rings. The first-order valence-corrected chi connectivity index (χ1v) is 7.62. The van der Waals surface area contributed by atoms with Gasteiger partial charge in [-0.15, -0.1) is 0 Å². The Balaban J connectivity index is 2.57. The standard InChI is InChI=1S/C20H21N3/c1-3-23(4-2)20-14-12-18(13-15-20)10-8-6-5-7-9-11-19(16-21)17-22/h5-15H,3-4H2,1-2H3. The monoisotopic (exact) mass is 303 g/mol. The SMILES string of the molecule is CCN(CC)c1ccc(C=CC=CC=CC=C(C#N)C#N)cc1. The van der Waals surface area contributed by atoms with Gasteiger partial charge >= 0.3 is 0 Å². The normalized spacial score (nSPS) is 10.8. The molecule has 0 saturated heterocycles. The van der Waals surface area contributed by atoms with Crippen molar-refractivity contribution in [1.82, 2.24) is 0 Å². The number of nitriles is 2. The summed E-state index contributed by atoms with van der Waals surface area (Å²) in [6.07, 6.45) is 12.7. The minimum absolute atomic E-state index is 0.0958. The van der Waals surface area contributed by atoms with E-state index in [2.05, 4.69) is 43.0 Å². The number of benzene rings is 1. The van der Waals surface area contributed by atoms with E-state index in [1.807, 2.05) is 24.3 Å². The summed E-state index contributed by atoms with van der Waals surface area (Å²) in [5.74, 6) is 0. The van der Waals surface area contributed by atoms with Crippen LogP contribution in [0.15, 0.2) is 66.3 Å². The number of rotatable bonds is 7. The predicted octanol–water partition coefficient (Wildman–Crippen LogP) is 4.63. The largest absolute Gasteiger partial charge is 0.372 e. The number of hydrogen-bond acceptors (Lipinski definition) is 3. The molecule has 0 aliphatic heterocycles. The molecule has 1 aromatic rings. The molecule has 0 saturated carbocycles. The quantitative estimate of drug-likeness (QED) is 0.545. The highest BCUT2D eigenvalue weighted by molar-refractivity contribution is 5.57. The van der Waals surface area contributed by atoms with E-state index in [-0.39, 0.29) is 5.57 Å². The van der Waals surface area contributed by atoms with Gasteiger partial charge in [-0.3, -0.25) is 0 Å². The van der Waals surface area contributed by atoms with Crippen LogP contribution >= 0.6 is 0 Å². The summed E-state index contributed by atoms with van der Waals surface area (Å²) in [4.78, 5) is 2.31. The van der Waals surface area contributed by atoms with Gasteiger partial charge in [-0.25, -0.2) is 0 Å². The number of allylic oxidation sites excluding steroid dienone is 7. The molecule has 3 heteroatoms. The molecule has 0 aromatic heterocycles. The Kier molecular flexibility index (Phi) is 8.34. The summed E-state index contributed by atoms with van der Waals surface area (Å²) in [6.45, 7) is 6.32. The third-order valence-corrected chi connectivity index (χ3v) is 3.26. The van der Waals surface area contributed by atoms with E-state index in [1.54, 1.807) is 24.3 Å². The van der Waals surface area contributed by atoms with Crippen molar-refractivity contribution in [2.24, 2.45) is 0 Å². The van der Waals surface area contributed by atoms with Crippen LogP contribution in [0.25, 0.3) is 6.08 Å². The minimum Gasteiger partial charge on any atom is -0.372 e. The Morgan fingerprint density at radius 3 is 2.04 bits per heavy atom. The van der Waals surface area contributed by atoms with Crippen molar-refractivity contribution >= 4 is 11.8 Å². The Hall–Kier alpha value is -3.04. The molecule has 0 aliphatic rings. The molecule has 0 heterocycles. The highest BCUT2D eigenvalue weighted by Crippen LogP contribution is 2.15. The van der Waals surface area contributed by atoms with Crippen LogP contribution in [0.4, 0.5) is 5.69 Å². The van der Waals surface area contributed by atoms with Crippen LogP contribution < -0.4 is 4.90 Å². The third-order valence-electron chi connectivity index (χ3n) is 3.26. The van der Waals surface area contributed by atoms with Crippen molar-refractivity contribution in [3.63, 3.8) is 0 Å². The second kappa shape index (κ2) is 10.7. The summed E-state index contributed by atoms with van der Waals surface area (Å²) in [7, 11) is 0. The van der Waals surface area contributed by atoms with E-state index >= 15 is 0 Å². The number of anilines is 1. The van der Waals surface area contributed by atoms with E-state index in [0.29, 0.717) is 0 Å². The van der Waals surface area contributed by atoms with E-state index < -0.39 is 0 Å². The van der Waals surface area contributed by atoms with E-state index in [1.165, 1.54) is 11.8 Å². The van der Waals surface area contributed by atoms with Gasteiger partial charge in [-0.1, -0.05) is 48.6 Å². The molecule has 1 rings (SSSR count). The summed E-state index contributed by atoms with van der Waals surface area (Å²) in [5, 5.41) is 17.1. The van der Waals surface area contributed by atoms with E-state index in [9.17, 15) is 0 Å². The van der Waals surface area contributed by atoms with Gasteiger partial charge in [0.15, 0.2) is 0 Å². The summed E-state index contributed by atoms with van der Waals surface area (Å²) in [6, 6.07) is 12.1. The minimum atomic E-state index is 0.0958. The van der Waals surface area contributed by atoms with Gasteiger partial charge in [-0.2, -0.15) is 10.5 Å². The fraction of sp³-hybridized carbons (Fsp3) is 0.200. The van der Waals surface area contributed by atoms with Gasteiger partial charge in [0.2, 0.25) is 0 Å². The Morgan fingerprint density at radius 1 is 0.913 bits per heavy atom.